The zero-order chi connectivity index (χ0) is 23.8. The van der Waals surface area contributed by atoms with Gasteiger partial charge in [-0.15, -0.1) is 0 Å². The van der Waals surface area contributed by atoms with E-state index >= 15 is 0 Å². The number of rotatable bonds is 10. The minimum absolute atomic E-state index is 0.0419. The van der Waals surface area contributed by atoms with Crippen molar-refractivity contribution < 1.29 is 23.5 Å². The molecule has 0 saturated heterocycles. The molecule has 1 rings (SSSR count). The Labute approximate surface area is 187 Å². The Balaban J connectivity index is 3.17. The summed E-state index contributed by atoms with van der Waals surface area (Å²) in [4.78, 5) is 26.0. The van der Waals surface area contributed by atoms with E-state index in [1.807, 2.05) is 41.5 Å². The van der Waals surface area contributed by atoms with E-state index < -0.39 is 17.8 Å². The number of unbranched alkanes of at least 4 members (excludes halogenated alkanes) is 2. The molecule has 5 heteroatoms. The van der Waals surface area contributed by atoms with Gasteiger partial charge in [0.25, 0.3) is 0 Å². The van der Waals surface area contributed by atoms with Crippen molar-refractivity contribution in [1.29, 1.82) is 0 Å². The fraction of sp³-hybridized carbons (Fsp3) is 0.692. The van der Waals surface area contributed by atoms with Gasteiger partial charge in [-0.05, 0) is 41.9 Å². The fourth-order valence-corrected chi connectivity index (χ4v) is 3.37. The molecule has 2 atom stereocenters. The lowest BCUT2D eigenvalue weighted by molar-refractivity contribution is -0.0106. The van der Waals surface area contributed by atoms with Gasteiger partial charge in [-0.25, -0.2) is 14.0 Å². The van der Waals surface area contributed by atoms with Gasteiger partial charge in [-0.3, -0.25) is 0 Å². The summed E-state index contributed by atoms with van der Waals surface area (Å²) in [5.41, 5.74) is -0.557. The Kier molecular flexibility index (Phi) is 10.2. The largest absolute Gasteiger partial charge is 0.458 e. The lowest BCUT2D eigenvalue weighted by atomic mass is 9.86. The molecule has 0 bridgehead atoms. The van der Waals surface area contributed by atoms with E-state index in [1.165, 1.54) is 12.1 Å². The van der Waals surface area contributed by atoms with Crippen LogP contribution < -0.4 is 0 Å². The van der Waals surface area contributed by atoms with Crippen LogP contribution in [0.15, 0.2) is 18.2 Å². The zero-order valence-corrected chi connectivity index (χ0v) is 20.6. The molecule has 0 aromatic heterocycles. The number of hydrogen-bond donors (Lipinski definition) is 0. The van der Waals surface area contributed by atoms with Gasteiger partial charge in [0, 0.05) is 0 Å². The summed E-state index contributed by atoms with van der Waals surface area (Å²) in [6.07, 6.45) is 4.62. The molecule has 2 unspecified atom stereocenters. The summed E-state index contributed by atoms with van der Waals surface area (Å²) in [5.74, 6) is -1.91. The number of benzene rings is 1. The van der Waals surface area contributed by atoms with Crippen LogP contribution >= 0.6 is 0 Å². The third-order valence-corrected chi connectivity index (χ3v) is 5.49. The third kappa shape index (κ3) is 8.62. The lowest BCUT2D eigenvalue weighted by Crippen LogP contribution is -2.33. The molecular formula is C26H41FO4. The van der Waals surface area contributed by atoms with Crippen molar-refractivity contribution in [2.24, 2.45) is 10.8 Å². The highest BCUT2D eigenvalue weighted by atomic mass is 19.1. The molecule has 1 aromatic rings. The average Bonchev–Trinajstić information content (AvgIpc) is 2.66. The van der Waals surface area contributed by atoms with Crippen molar-refractivity contribution in [3.63, 3.8) is 0 Å². The Morgan fingerprint density at radius 3 is 1.61 bits per heavy atom. The highest BCUT2D eigenvalue weighted by Crippen LogP contribution is 2.30. The SMILES string of the molecule is CCCCC(OC(=O)c1ccc(F)cc1C(=O)OC(CCCC)C(C)(C)C)C(C)(C)C. The summed E-state index contributed by atoms with van der Waals surface area (Å²) < 4.78 is 25.6. The molecule has 1 aromatic carbocycles. The van der Waals surface area contributed by atoms with E-state index in [0.717, 1.165) is 38.2 Å². The number of hydrogen-bond acceptors (Lipinski definition) is 4. The van der Waals surface area contributed by atoms with Gasteiger partial charge < -0.3 is 9.47 Å². The van der Waals surface area contributed by atoms with Gasteiger partial charge in [0.1, 0.15) is 18.0 Å². The topological polar surface area (TPSA) is 52.6 Å². The van der Waals surface area contributed by atoms with E-state index in [2.05, 4.69) is 13.8 Å². The van der Waals surface area contributed by atoms with Crippen LogP contribution in [0.4, 0.5) is 4.39 Å². The van der Waals surface area contributed by atoms with Crippen LogP contribution in [-0.4, -0.2) is 24.1 Å². The summed E-state index contributed by atoms with van der Waals surface area (Å²) in [6, 6.07) is 3.55. The third-order valence-electron chi connectivity index (χ3n) is 5.49. The molecule has 176 valence electrons. The lowest BCUT2D eigenvalue weighted by Gasteiger charge is -2.31. The minimum atomic E-state index is -0.691. The Morgan fingerprint density at radius 2 is 1.23 bits per heavy atom. The van der Waals surface area contributed by atoms with E-state index in [1.54, 1.807) is 0 Å². The molecule has 0 saturated carbocycles. The van der Waals surface area contributed by atoms with Crippen LogP contribution in [0.2, 0.25) is 0 Å². The van der Waals surface area contributed by atoms with E-state index in [-0.39, 0.29) is 34.2 Å². The van der Waals surface area contributed by atoms with Gasteiger partial charge in [0.15, 0.2) is 0 Å². The normalized spacial score (nSPS) is 14.1. The molecule has 0 aliphatic carbocycles. The maximum absolute atomic E-state index is 14.0. The molecule has 0 radical (unpaired) electrons. The first-order chi connectivity index (χ1) is 14.3. The summed E-state index contributed by atoms with van der Waals surface area (Å²) in [6.45, 7) is 16.2. The summed E-state index contributed by atoms with van der Waals surface area (Å²) in [5, 5.41) is 0. The predicted molar refractivity (Wildman–Crippen MR) is 123 cm³/mol. The molecule has 0 fully saturated rings. The Morgan fingerprint density at radius 1 is 0.806 bits per heavy atom. The van der Waals surface area contributed by atoms with Gasteiger partial charge in [0.2, 0.25) is 0 Å². The molecule has 0 amide bonds. The second kappa shape index (κ2) is 11.6. The monoisotopic (exact) mass is 436 g/mol. The molecule has 4 nitrogen and oxygen atoms in total. The maximum atomic E-state index is 14.0. The van der Waals surface area contributed by atoms with Crippen LogP contribution in [0.3, 0.4) is 0 Å². The summed E-state index contributed by atoms with van der Waals surface area (Å²) >= 11 is 0. The fourth-order valence-electron chi connectivity index (χ4n) is 3.37. The van der Waals surface area contributed by atoms with E-state index in [4.69, 9.17) is 9.47 Å². The number of carbonyl (C=O) groups is 2. The Bertz CT molecular complexity index is 728. The van der Waals surface area contributed by atoms with Gasteiger partial charge in [-0.2, -0.15) is 0 Å². The van der Waals surface area contributed by atoms with Crippen molar-refractivity contribution in [2.45, 2.75) is 106 Å². The van der Waals surface area contributed by atoms with Crippen molar-refractivity contribution >= 4 is 11.9 Å². The number of esters is 2. The minimum Gasteiger partial charge on any atom is -0.458 e. The second-order valence-corrected chi connectivity index (χ2v) is 10.5. The van der Waals surface area contributed by atoms with Crippen molar-refractivity contribution in [2.75, 3.05) is 0 Å². The average molecular weight is 437 g/mol. The number of halogens is 1. The summed E-state index contributed by atoms with van der Waals surface area (Å²) in [7, 11) is 0. The smallest absolute Gasteiger partial charge is 0.339 e. The van der Waals surface area contributed by atoms with Crippen LogP contribution in [0, 0.1) is 16.6 Å². The first-order valence-electron chi connectivity index (χ1n) is 11.5. The Hall–Kier alpha value is -1.91. The molecule has 0 spiro atoms. The number of ether oxygens (including phenoxy) is 2. The van der Waals surface area contributed by atoms with Crippen LogP contribution in [0.5, 0.6) is 0 Å². The van der Waals surface area contributed by atoms with E-state index in [0.29, 0.717) is 6.42 Å². The first-order valence-corrected chi connectivity index (χ1v) is 11.5. The number of carbonyl (C=O) groups excluding carboxylic acids is 2. The van der Waals surface area contributed by atoms with Crippen molar-refractivity contribution in [3.8, 4) is 0 Å². The van der Waals surface area contributed by atoms with Crippen LogP contribution in [-0.2, 0) is 9.47 Å². The molecule has 0 aliphatic rings. The molecular weight excluding hydrogens is 395 g/mol. The quantitative estimate of drug-likeness (QED) is 0.360. The van der Waals surface area contributed by atoms with Gasteiger partial charge in [0.05, 0.1) is 11.1 Å². The zero-order valence-electron chi connectivity index (χ0n) is 20.6. The maximum Gasteiger partial charge on any atom is 0.339 e. The molecule has 0 aliphatic heterocycles. The molecule has 0 N–H and O–H groups in total. The first kappa shape index (κ1) is 27.1. The van der Waals surface area contributed by atoms with Gasteiger partial charge in [-0.1, -0.05) is 81.1 Å². The molecule has 0 heterocycles. The van der Waals surface area contributed by atoms with Crippen molar-refractivity contribution in [1.82, 2.24) is 0 Å². The predicted octanol–water partition coefficient (Wildman–Crippen LogP) is 7.35. The highest BCUT2D eigenvalue weighted by Gasteiger charge is 2.32. The van der Waals surface area contributed by atoms with Gasteiger partial charge >= 0.3 is 11.9 Å². The standard InChI is InChI=1S/C26H41FO4/c1-9-11-13-21(25(3,4)5)30-23(28)19-16-15-18(27)17-20(19)24(29)31-22(14-12-10-2)26(6,7)8/h15-17,21-22H,9-14H2,1-8H3. The highest BCUT2D eigenvalue weighted by molar-refractivity contribution is 6.03. The van der Waals surface area contributed by atoms with Crippen molar-refractivity contribution in [3.05, 3.63) is 35.1 Å². The molecule has 31 heavy (non-hydrogen) atoms. The van der Waals surface area contributed by atoms with E-state index in [9.17, 15) is 14.0 Å². The van der Waals surface area contributed by atoms with Crippen LogP contribution in [0.1, 0.15) is 115 Å². The second-order valence-electron chi connectivity index (χ2n) is 10.5. The van der Waals surface area contributed by atoms with Crippen LogP contribution in [0.25, 0.3) is 0 Å².